The van der Waals surface area contributed by atoms with Gasteiger partial charge in [-0.15, -0.1) is 0 Å². The van der Waals surface area contributed by atoms with Crippen molar-refractivity contribution in [3.05, 3.63) is 63.4 Å². The van der Waals surface area contributed by atoms with Crippen molar-refractivity contribution in [3.8, 4) is 0 Å². The summed E-state index contributed by atoms with van der Waals surface area (Å²) >= 11 is 12.5. The molecule has 150 valence electrons. The largest absolute Gasteiger partial charge is 0.276 e. The van der Waals surface area contributed by atoms with E-state index < -0.39 is 10.0 Å². The van der Waals surface area contributed by atoms with E-state index in [9.17, 15) is 8.42 Å². The van der Waals surface area contributed by atoms with Crippen LogP contribution in [0.25, 0.3) is 11.0 Å². The van der Waals surface area contributed by atoms with Gasteiger partial charge in [-0.3, -0.25) is 9.40 Å². The van der Waals surface area contributed by atoms with Crippen LogP contribution < -0.4 is 4.72 Å². The van der Waals surface area contributed by atoms with Crippen molar-refractivity contribution in [2.24, 2.45) is 0 Å². The number of fused-ring (bicyclic) bond motifs is 1. The van der Waals surface area contributed by atoms with Crippen LogP contribution in [0.5, 0.6) is 0 Å². The Morgan fingerprint density at radius 3 is 2.48 bits per heavy atom. The summed E-state index contributed by atoms with van der Waals surface area (Å²) in [6.07, 6.45) is 0. The lowest BCUT2D eigenvalue weighted by Crippen LogP contribution is -2.15. The number of aryl methyl sites for hydroxylation is 1. The van der Waals surface area contributed by atoms with Gasteiger partial charge in [0.2, 0.25) is 0 Å². The number of nitrogens with zero attached hydrogens (tertiary/aromatic N) is 4. The molecule has 2 aromatic carbocycles. The van der Waals surface area contributed by atoms with Crippen molar-refractivity contribution >= 4 is 49.9 Å². The molecule has 0 saturated carbocycles. The topological polar surface area (TPSA) is 103 Å². The Hall–Kier alpha value is -2.62. The van der Waals surface area contributed by atoms with Crippen molar-refractivity contribution in [2.75, 3.05) is 4.72 Å². The maximum Gasteiger partial charge on any atom is 0.264 e. The van der Waals surface area contributed by atoms with E-state index in [1.165, 1.54) is 6.07 Å². The van der Waals surface area contributed by atoms with Crippen LogP contribution in [-0.2, 0) is 16.6 Å². The van der Waals surface area contributed by atoms with Crippen molar-refractivity contribution in [1.29, 1.82) is 0 Å². The van der Waals surface area contributed by atoms with E-state index in [4.69, 9.17) is 23.2 Å². The zero-order chi connectivity index (χ0) is 20.8. The second-order valence-electron chi connectivity index (χ2n) is 6.40. The van der Waals surface area contributed by atoms with Gasteiger partial charge in [0.1, 0.15) is 10.4 Å². The first kappa shape index (κ1) is 19.7. The predicted octanol–water partition coefficient (Wildman–Crippen LogP) is 4.19. The molecule has 1 N–H and O–H groups in total. The highest BCUT2D eigenvalue weighted by Crippen LogP contribution is 2.29. The van der Waals surface area contributed by atoms with Crippen LogP contribution in [0.1, 0.15) is 17.0 Å². The zero-order valence-electron chi connectivity index (χ0n) is 15.3. The lowest BCUT2D eigenvalue weighted by atomic mass is 10.2. The predicted molar refractivity (Wildman–Crippen MR) is 110 cm³/mol. The number of rotatable bonds is 5. The molecule has 0 aliphatic heterocycles. The van der Waals surface area contributed by atoms with Gasteiger partial charge in [-0.05, 0) is 48.4 Å². The quantitative estimate of drug-likeness (QED) is 0.487. The third-order valence-corrected chi connectivity index (χ3v) is 6.62. The molecule has 0 fully saturated rings. The molecule has 0 radical (unpaired) electrons. The van der Waals surface area contributed by atoms with Crippen LogP contribution in [0.4, 0.5) is 5.69 Å². The fourth-order valence-electron chi connectivity index (χ4n) is 3.02. The highest BCUT2D eigenvalue weighted by atomic mass is 35.5. The molecule has 0 spiro atoms. The molecule has 0 aliphatic carbocycles. The van der Waals surface area contributed by atoms with Gasteiger partial charge in [0.25, 0.3) is 10.0 Å². The van der Waals surface area contributed by atoms with E-state index >= 15 is 0 Å². The summed E-state index contributed by atoms with van der Waals surface area (Å²) in [5.74, 6) is 0. The summed E-state index contributed by atoms with van der Waals surface area (Å²) in [4.78, 5) is -0.0306. The minimum absolute atomic E-state index is 0.0306. The summed E-state index contributed by atoms with van der Waals surface area (Å²) < 4.78 is 34.9. The Kier molecular flexibility index (Phi) is 4.97. The number of hydrogen-bond donors (Lipinski definition) is 1. The summed E-state index contributed by atoms with van der Waals surface area (Å²) in [5.41, 5.74) is 2.72. The molecule has 0 amide bonds. The fraction of sp³-hybridized carbons (Fsp3) is 0.167. The number of anilines is 1. The van der Waals surface area contributed by atoms with Gasteiger partial charge in [0.15, 0.2) is 5.52 Å². The van der Waals surface area contributed by atoms with E-state index in [2.05, 4.69) is 24.8 Å². The average molecular weight is 452 g/mol. The lowest BCUT2D eigenvalue weighted by molar-refractivity contribution is 0.315. The maximum absolute atomic E-state index is 13.0. The number of halogens is 2. The minimum Gasteiger partial charge on any atom is -0.276 e. The third-order valence-electron chi connectivity index (χ3n) is 4.53. The van der Waals surface area contributed by atoms with Gasteiger partial charge in [-0.2, -0.15) is 5.10 Å². The Morgan fingerprint density at radius 1 is 1.07 bits per heavy atom. The summed E-state index contributed by atoms with van der Waals surface area (Å²) in [6.45, 7) is 3.78. The molecule has 0 bridgehead atoms. The molecule has 0 atom stereocenters. The van der Waals surface area contributed by atoms with Crippen LogP contribution in [0.3, 0.4) is 0 Å². The third kappa shape index (κ3) is 3.57. The maximum atomic E-state index is 13.0. The number of aromatic nitrogens is 4. The van der Waals surface area contributed by atoms with Gasteiger partial charge in [-0.1, -0.05) is 35.3 Å². The SMILES string of the molecule is Cc1nn(Cc2c(Cl)cccc2Cl)c(C)c1NS(=O)(=O)c1cccc2nonc12. The first-order valence-electron chi connectivity index (χ1n) is 8.49. The minimum atomic E-state index is -3.95. The molecule has 0 saturated heterocycles. The molecule has 11 heteroatoms. The van der Waals surface area contributed by atoms with Crippen molar-refractivity contribution in [1.82, 2.24) is 20.1 Å². The Bertz CT molecular complexity index is 1310. The van der Waals surface area contributed by atoms with Crippen molar-refractivity contribution in [3.63, 3.8) is 0 Å². The molecular formula is C18H15Cl2N5O3S. The number of hydrogen-bond acceptors (Lipinski definition) is 6. The van der Waals surface area contributed by atoms with Gasteiger partial charge >= 0.3 is 0 Å². The van der Waals surface area contributed by atoms with Gasteiger partial charge in [0, 0.05) is 15.6 Å². The second kappa shape index (κ2) is 7.33. The van der Waals surface area contributed by atoms with Crippen LogP contribution in [0.2, 0.25) is 10.0 Å². The van der Waals surface area contributed by atoms with E-state index in [0.29, 0.717) is 44.7 Å². The Balaban J connectivity index is 1.71. The van der Waals surface area contributed by atoms with Crippen molar-refractivity contribution in [2.45, 2.75) is 25.3 Å². The molecular weight excluding hydrogens is 437 g/mol. The number of benzene rings is 2. The van der Waals surface area contributed by atoms with Crippen molar-refractivity contribution < 1.29 is 13.0 Å². The van der Waals surface area contributed by atoms with E-state index in [1.54, 1.807) is 48.9 Å². The van der Waals surface area contributed by atoms with E-state index in [0.717, 1.165) is 0 Å². The summed E-state index contributed by atoms with van der Waals surface area (Å²) in [6, 6.07) is 9.87. The van der Waals surface area contributed by atoms with E-state index in [1.807, 2.05) is 0 Å². The smallest absolute Gasteiger partial charge is 0.264 e. The lowest BCUT2D eigenvalue weighted by Gasteiger charge is -2.10. The molecule has 2 heterocycles. The molecule has 4 rings (SSSR count). The molecule has 4 aromatic rings. The standard InChI is InChI=1S/C18H15Cl2N5O3S/c1-10-17(11(2)25(21-10)9-12-13(19)5-3-6-14(12)20)24-29(26,27)16-8-4-7-15-18(16)23-28-22-15/h3-8,24H,9H2,1-2H3. The first-order chi connectivity index (χ1) is 13.8. The Morgan fingerprint density at radius 2 is 1.76 bits per heavy atom. The number of nitrogens with one attached hydrogen (secondary N) is 1. The monoisotopic (exact) mass is 451 g/mol. The fourth-order valence-corrected chi connectivity index (χ4v) is 4.86. The highest BCUT2D eigenvalue weighted by molar-refractivity contribution is 7.93. The van der Waals surface area contributed by atoms with E-state index in [-0.39, 0.29) is 10.4 Å². The van der Waals surface area contributed by atoms with Gasteiger partial charge in [-0.25, -0.2) is 13.0 Å². The molecule has 0 unspecified atom stereocenters. The van der Waals surface area contributed by atoms with Crippen LogP contribution in [0.15, 0.2) is 45.9 Å². The number of sulfonamides is 1. The van der Waals surface area contributed by atoms with Crippen LogP contribution >= 0.6 is 23.2 Å². The Labute approximate surface area is 176 Å². The molecule has 8 nitrogen and oxygen atoms in total. The van der Waals surface area contributed by atoms with Gasteiger partial charge < -0.3 is 0 Å². The normalized spacial score (nSPS) is 11.9. The van der Waals surface area contributed by atoms with Gasteiger partial charge in [0.05, 0.1) is 23.6 Å². The average Bonchev–Trinajstić information content (AvgIpc) is 3.24. The first-order valence-corrected chi connectivity index (χ1v) is 10.7. The molecule has 0 aliphatic rings. The summed E-state index contributed by atoms with van der Waals surface area (Å²) in [7, 11) is -3.95. The molecule has 2 aromatic heterocycles. The van der Waals surface area contributed by atoms with Crippen LogP contribution in [-0.4, -0.2) is 28.5 Å². The second-order valence-corrected chi connectivity index (χ2v) is 8.86. The molecule has 29 heavy (non-hydrogen) atoms. The zero-order valence-corrected chi connectivity index (χ0v) is 17.7. The summed E-state index contributed by atoms with van der Waals surface area (Å²) in [5, 5.41) is 12.8. The van der Waals surface area contributed by atoms with Crippen LogP contribution in [0, 0.1) is 13.8 Å². The highest BCUT2D eigenvalue weighted by Gasteiger charge is 2.24.